The molecule has 1 amide bonds. The van der Waals surface area contributed by atoms with Gasteiger partial charge in [-0.1, -0.05) is 12.1 Å². The number of anilines is 1. The molecule has 3 aliphatic rings. The number of hydrogen-bond acceptors (Lipinski definition) is 6. The van der Waals surface area contributed by atoms with Crippen LogP contribution >= 0.6 is 11.7 Å². The summed E-state index contributed by atoms with van der Waals surface area (Å²) in [6.45, 7) is 1.76. The van der Waals surface area contributed by atoms with Gasteiger partial charge >= 0.3 is 0 Å². The number of nitrogens with zero attached hydrogens (tertiary/aromatic N) is 4. The third-order valence-corrected chi connectivity index (χ3v) is 7.63. The van der Waals surface area contributed by atoms with Crippen molar-refractivity contribution in [2.45, 2.75) is 30.8 Å². The summed E-state index contributed by atoms with van der Waals surface area (Å²) in [6, 6.07) is 14.5. The Morgan fingerprint density at radius 3 is 2.97 bits per heavy atom. The van der Waals surface area contributed by atoms with Crippen LogP contribution in [0.1, 0.15) is 30.9 Å². The Bertz CT molecular complexity index is 1110. The number of aromatic nitrogens is 2. The fraction of sp³-hybridized carbons (Fsp3) is 0.409. The second-order valence-corrected chi connectivity index (χ2v) is 8.83. The molecule has 4 heterocycles. The summed E-state index contributed by atoms with van der Waals surface area (Å²) in [7, 11) is 1.66. The highest BCUT2D eigenvalue weighted by molar-refractivity contribution is 7.00. The zero-order valence-corrected chi connectivity index (χ0v) is 17.1. The molecule has 6 rings (SSSR count). The van der Waals surface area contributed by atoms with Crippen LogP contribution in [0.4, 0.5) is 5.69 Å². The van der Waals surface area contributed by atoms with E-state index in [-0.39, 0.29) is 17.5 Å². The number of benzene rings is 2. The van der Waals surface area contributed by atoms with Crippen LogP contribution in [0.25, 0.3) is 11.0 Å². The number of hydrogen-bond donors (Lipinski definition) is 0. The van der Waals surface area contributed by atoms with E-state index >= 15 is 0 Å². The summed E-state index contributed by atoms with van der Waals surface area (Å²) >= 11 is 1.26. The summed E-state index contributed by atoms with van der Waals surface area (Å²) < 4.78 is 14.1. The van der Waals surface area contributed by atoms with E-state index in [9.17, 15) is 4.79 Å². The van der Waals surface area contributed by atoms with Crippen molar-refractivity contribution in [1.82, 2.24) is 13.6 Å². The van der Waals surface area contributed by atoms with Crippen molar-refractivity contribution in [1.29, 1.82) is 0 Å². The van der Waals surface area contributed by atoms with Gasteiger partial charge in [0.25, 0.3) is 0 Å². The maximum Gasteiger partial charge on any atom is 0.247 e. The van der Waals surface area contributed by atoms with Gasteiger partial charge in [0.2, 0.25) is 5.91 Å². The van der Waals surface area contributed by atoms with Gasteiger partial charge in [0.1, 0.15) is 22.3 Å². The Labute approximate surface area is 173 Å². The highest BCUT2D eigenvalue weighted by Gasteiger charge is 2.65. The van der Waals surface area contributed by atoms with Crippen LogP contribution in [-0.4, -0.2) is 45.3 Å². The predicted molar refractivity (Wildman–Crippen MR) is 112 cm³/mol. The molecule has 0 bridgehead atoms. The van der Waals surface area contributed by atoms with Gasteiger partial charge in [-0.3, -0.25) is 9.69 Å². The first-order valence-electron chi connectivity index (χ1n) is 10.2. The van der Waals surface area contributed by atoms with Crippen LogP contribution < -0.4 is 9.64 Å². The smallest absolute Gasteiger partial charge is 0.247 e. The van der Waals surface area contributed by atoms with E-state index in [1.165, 1.54) is 17.3 Å². The van der Waals surface area contributed by atoms with Gasteiger partial charge in [0, 0.05) is 30.3 Å². The summed E-state index contributed by atoms with van der Waals surface area (Å²) in [5, 5.41) is 0. The molecule has 3 fully saturated rings. The summed E-state index contributed by atoms with van der Waals surface area (Å²) in [5.41, 5.74) is 3.76. The molecule has 0 radical (unpaired) electrons. The molecule has 0 saturated carbocycles. The van der Waals surface area contributed by atoms with E-state index < -0.39 is 0 Å². The number of amides is 1. The molecule has 1 spiro atoms. The van der Waals surface area contributed by atoms with Crippen molar-refractivity contribution >= 4 is 34.4 Å². The molecule has 6 nitrogen and oxygen atoms in total. The molecule has 148 valence electrons. The number of ether oxygens (including phenoxy) is 1. The second kappa shape index (κ2) is 6.24. The molecule has 2 aromatic carbocycles. The van der Waals surface area contributed by atoms with Gasteiger partial charge < -0.3 is 9.64 Å². The van der Waals surface area contributed by atoms with Crippen LogP contribution in [0.2, 0.25) is 0 Å². The SMILES string of the molecule is COc1cccc(N2C[C@@H]3C[C@@H](c4ccc5nsnc5c4)N4CCC[C@@]34C2=O)c1. The number of methoxy groups -OCH3 is 1. The van der Waals surface area contributed by atoms with E-state index in [0.717, 1.165) is 54.8 Å². The largest absolute Gasteiger partial charge is 0.497 e. The third kappa shape index (κ3) is 2.34. The Morgan fingerprint density at radius 1 is 1.17 bits per heavy atom. The lowest BCUT2D eigenvalue weighted by Crippen LogP contribution is -2.49. The first-order chi connectivity index (χ1) is 14.2. The monoisotopic (exact) mass is 406 g/mol. The molecule has 3 saturated heterocycles. The van der Waals surface area contributed by atoms with Crippen LogP contribution in [0.5, 0.6) is 5.75 Å². The average Bonchev–Trinajstić information content (AvgIpc) is 3.49. The van der Waals surface area contributed by atoms with Crippen LogP contribution in [-0.2, 0) is 4.79 Å². The Balaban J connectivity index is 1.36. The fourth-order valence-electron chi connectivity index (χ4n) is 5.82. The van der Waals surface area contributed by atoms with Crippen molar-refractivity contribution in [3.63, 3.8) is 0 Å². The minimum atomic E-state index is -0.358. The van der Waals surface area contributed by atoms with Crippen LogP contribution in [0.15, 0.2) is 42.5 Å². The molecule has 0 aliphatic carbocycles. The Kier molecular flexibility index (Phi) is 3.74. The van der Waals surface area contributed by atoms with Gasteiger partial charge in [-0.15, -0.1) is 0 Å². The molecule has 1 aromatic heterocycles. The van der Waals surface area contributed by atoms with Crippen molar-refractivity contribution in [2.24, 2.45) is 5.92 Å². The molecular formula is C22H22N4O2S. The molecule has 3 aliphatic heterocycles. The first-order valence-corrected chi connectivity index (χ1v) is 10.9. The minimum absolute atomic E-state index is 0.257. The van der Waals surface area contributed by atoms with Gasteiger partial charge in [0.05, 0.1) is 18.8 Å². The first kappa shape index (κ1) is 17.4. The molecule has 3 atom stereocenters. The van der Waals surface area contributed by atoms with Crippen molar-refractivity contribution < 1.29 is 9.53 Å². The van der Waals surface area contributed by atoms with Gasteiger partial charge in [-0.05, 0) is 55.6 Å². The highest BCUT2D eigenvalue weighted by Crippen LogP contribution is 2.56. The molecule has 3 aromatic rings. The quantitative estimate of drug-likeness (QED) is 0.665. The second-order valence-electron chi connectivity index (χ2n) is 8.30. The zero-order valence-electron chi connectivity index (χ0n) is 16.2. The summed E-state index contributed by atoms with van der Waals surface area (Å²) in [4.78, 5) is 18.2. The van der Waals surface area contributed by atoms with E-state index in [0.29, 0.717) is 5.92 Å². The zero-order chi connectivity index (χ0) is 19.6. The average molecular weight is 407 g/mol. The van der Waals surface area contributed by atoms with Gasteiger partial charge in [-0.2, -0.15) is 8.75 Å². The predicted octanol–water partition coefficient (Wildman–Crippen LogP) is 3.64. The van der Waals surface area contributed by atoms with Crippen LogP contribution in [0.3, 0.4) is 0 Å². The standard InChI is InChI=1S/C22H22N4O2S/c1-28-17-5-2-4-16(12-17)25-13-15-11-20(26-9-3-8-22(15,26)21(25)27)14-6-7-18-19(10-14)24-29-23-18/h2,4-7,10,12,15,20H,3,8-9,11,13H2,1H3/t15-,20-,22-/m0/s1. The van der Waals surface area contributed by atoms with E-state index in [2.05, 4.69) is 31.8 Å². The lowest BCUT2D eigenvalue weighted by atomic mass is 9.85. The minimum Gasteiger partial charge on any atom is -0.497 e. The lowest BCUT2D eigenvalue weighted by Gasteiger charge is -2.33. The number of carbonyl (C=O) groups is 1. The van der Waals surface area contributed by atoms with Crippen molar-refractivity contribution in [3.8, 4) is 5.75 Å². The van der Waals surface area contributed by atoms with Gasteiger partial charge in [0.15, 0.2) is 0 Å². The Morgan fingerprint density at radius 2 is 2.07 bits per heavy atom. The molecule has 29 heavy (non-hydrogen) atoms. The lowest BCUT2D eigenvalue weighted by molar-refractivity contribution is -0.126. The fourth-order valence-corrected chi connectivity index (χ4v) is 6.33. The molecular weight excluding hydrogens is 384 g/mol. The number of rotatable bonds is 3. The van der Waals surface area contributed by atoms with Crippen LogP contribution in [0, 0.1) is 5.92 Å². The summed E-state index contributed by atoms with van der Waals surface area (Å²) in [5.74, 6) is 1.39. The van der Waals surface area contributed by atoms with E-state index in [1.807, 2.05) is 29.2 Å². The molecule has 0 unspecified atom stereocenters. The topological polar surface area (TPSA) is 58.6 Å². The number of fused-ring (bicyclic) bond motifs is 1. The van der Waals surface area contributed by atoms with E-state index in [1.54, 1.807) is 7.11 Å². The maximum absolute atomic E-state index is 13.8. The van der Waals surface area contributed by atoms with Gasteiger partial charge in [-0.25, -0.2) is 0 Å². The molecule has 7 heteroatoms. The normalized spacial score (nSPS) is 28.9. The highest BCUT2D eigenvalue weighted by atomic mass is 32.1. The maximum atomic E-state index is 13.8. The third-order valence-electron chi connectivity index (χ3n) is 7.07. The molecule has 0 N–H and O–H groups in total. The number of carbonyl (C=O) groups excluding carboxylic acids is 1. The van der Waals surface area contributed by atoms with E-state index in [4.69, 9.17) is 4.74 Å². The van der Waals surface area contributed by atoms with Crippen molar-refractivity contribution in [3.05, 3.63) is 48.0 Å². The Hall–Kier alpha value is -2.51. The summed E-state index contributed by atoms with van der Waals surface area (Å²) in [6.07, 6.45) is 3.04. The van der Waals surface area contributed by atoms with Crippen molar-refractivity contribution in [2.75, 3.05) is 25.1 Å².